The lowest BCUT2D eigenvalue weighted by Gasteiger charge is -2.20. The Balaban J connectivity index is 1.64. The number of carbonyl (C=O) groups is 1. The van der Waals surface area contributed by atoms with E-state index in [9.17, 15) is 4.79 Å². The molecule has 116 valence electrons. The molecule has 1 amide bonds. The Morgan fingerprint density at radius 1 is 1.41 bits per heavy atom. The first-order valence-electron chi connectivity index (χ1n) is 7.02. The smallest absolute Gasteiger partial charge is 0.254 e. The molecule has 0 aliphatic carbocycles. The summed E-state index contributed by atoms with van der Waals surface area (Å²) in [6, 6.07) is 5.57. The molecule has 1 aliphatic rings. The van der Waals surface area contributed by atoms with E-state index in [0.29, 0.717) is 15.6 Å². The highest BCUT2D eigenvalue weighted by Gasteiger charge is 2.26. The molecule has 1 saturated heterocycles. The van der Waals surface area contributed by atoms with E-state index in [2.05, 4.69) is 15.3 Å². The van der Waals surface area contributed by atoms with Crippen molar-refractivity contribution in [1.82, 2.24) is 15.1 Å². The number of nitrogens with one attached hydrogen (secondary N) is 1. The van der Waals surface area contributed by atoms with E-state index in [0.717, 1.165) is 25.2 Å². The van der Waals surface area contributed by atoms with Crippen LogP contribution >= 0.6 is 23.2 Å². The number of anilines is 1. The van der Waals surface area contributed by atoms with Crippen LogP contribution in [0.2, 0.25) is 10.0 Å². The van der Waals surface area contributed by atoms with Crippen molar-refractivity contribution < 1.29 is 4.79 Å². The third-order valence-corrected chi connectivity index (χ3v) is 4.28. The summed E-state index contributed by atoms with van der Waals surface area (Å²) in [4.78, 5) is 14.3. The van der Waals surface area contributed by atoms with Gasteiger partial charge in [-0.1, -0.05) is 23.2 Å². The van der Waals surface area contributed by atoms with E-state index in [1.54, 1.807) is 30.2 Å². The van der Waals surface area contributed by atoms with E-state index in [4.69, 9.17) is 23.2 Å². The van der Waals surface area contributed by atoms with Crippen molar-refractivity contribution >= 4 is 34.8 Å². The molecule has 2 heterocycles. The van der Waals surface area contributed by atoms with Crippen LogP contribution < -0.4 is 10.2 Å². The van der Waals surface area contributed by atoms with Gasteiger partial charge in [0.2, 0.25) is 0 Å². The van der Waals surface area contributed by atoms with Crippen LogP contribution in [0.3, 0.4) is 0 Å². The van der Waals surface area contributed by atoms with Gasteiger partial charge in [0.05, 0.1) is 22.5 Å². The molecule has 0 radical (unpaired) electrons. The Labute approximate surface area is 138 Å². The highest BCUT2D eigenvalue weighted by atomic mass is 35.5. The van der Waals surface area contributed by atoms with Crippen LogP contribution in [0.15, 0.2) is 30.6 Å². The number of aryl methyl sites for hydroxylation is 1. The first kappa shape index (κ1) is 15.2. The fourth-order valence-electron chi connectivity index (χ4n) is 2.64. The van der Waals surface area contributed by atoms with Crippen molar-refractivity contribution in [2.45, 2.75) is 12.5 Å². The van der Waals surface area contributed by atoms with E-state index in [1.165, 1.54) is 0 Å². The number of hydrogen-bond donors (Lipinski definition) is 1. The summed E-state index contributed by atoms with van der Waals surface area (Å²) in [5.41, 5.74) is 1.52. The topological polar surface area (TPSA) is 50.2 Å². The normalized spacial score (nSPS) is 17.8. The molecule has 1 aromatic heterocycles. The average molecular weight is 339 g/mol. The zero-order chi connectivity index (χ0) is 15.7. The Morgan fingerprint density at radius 2 is 2.23 bits per heavy atom. The van der Waals surface area contributed by atoms with Crippen molar-refractivity contribution in [2.75, 3.05) is 18.0 Å². The SMILES string of the molecule is Cn1cc(C(=O)N[C@@H]2CCN(c3ccc(Cl)cc3Cl)C2)cn1. The van der Waals surface area contributed by atoms with Gasteiger partial charge in [-0.2, -0.15) is 5.10 Å². The van der Waals surface area contributed by atoms with Crippen LogP contribution in [-0.2, 0) is 7.05 Å². The van der Waals surface area contributed by atoms with Crippen molar-refractivity contribution in [1.29, 1.82) is 0 Å². The van der Waals surface area contributed by atoms with Gasteiger partial charge < -0.3 is 10.2 Å². The molecule has 22 heavy (non-hydrogen) atoms. The van der Waals surface area contributed by atoms with Gasteiger partial charge in [-0.25, -0.2) is 0 Å². The molecule has 1 atom stereocenters. The van der Waals surface area contributed by atoms with Gasteiger partial charge in [-0.15, -0.1) is 0 Å². The molecular formula is C15H16Cl2N4O. The third-order valence-electron chi connectivity index (χ3n) is 3.74. The molecule has 0 spiro atoms. The van der Waals surface area contributed by atoms with Gasteiger partial charge >= 0.3 is 0 Å². The van der Waals surface area contributed by atoms with E-state index >= 15 is 0 Å². The maximum atomic E-state index is 12.1. The number of rotatable bonds is 3. The molecule has 5 nitrogen and oxygen atoms in total. The van der Waals surface area contributed by atoms with Crippen LogP contribution in [0.1, 0.15) is 16.8 Å². The van der Waals surface area contributed by atoms with E-state index < -0.39 is 0 Å². The van der Waals surface area contributed by atoms with E-state index in [1.807, 2.05) is 12.1 Å². The molecule has 7 heteroatoms. The fraction of sp³-hybridized carbons (Fsp3) is 0.333. The number of halogens is 2. The molecule has 0 saturated carbocycles. The summed E-state index contributed by atoms with van der Waals surface area (Å²) in [6.45, 7) is 1.58. The highest BCUT2D eigenvalue weighted by molar-refractivity contribution is 6.36. The summed E-state index contributed by atoms with van der Waals surface area (Å²) in [7, 11) is 1.79. The number of amides is 1. The first-order valence-corrected chi connectivity index (χ1v) is 7.78. The molecule has 1 aliphatic heterocycles. The Bertz CT molecular complexity index is 701. The lowest BCUT2D eigenvalue weighted by atomic mass is 10.2. The second kappa shape index (κ2) is 6.18. The van der Waals surface area contributed by atoms with Gasteiger partial charge in [-0.3, -0.25) is 9.48 Å². The van der Waals surface area contributed by atoms with Crippen molar-refractivity contribution in [2.24, 2.45) is 7.05 Å². The standard InChI is InChI=1S/C15H16Cl2N4O/c1-20-8-10(7-18-20)15(22)19-12-4-5-21(9-12)14-3-2-11(16)6-13(14)17/h2-3,6-8,12H,4-5,9H2,1H3,(H,19,22)/t12-/m1/s1. The number of hydrogen-bond acceptors (Lipinski definition) is 3. The molecular weight excluding hydrogens is 323 g/mol. The second-order valence-corrected chi connectivity index (χ2v) is 6.25. The predicted octanol–water partition coefficient (Wildman–Crippen LogP) is 2.74. The lowest BCUT2D eigenvalue weighted by Crippen LogP contribution is -2.37. The molecule has 1 aromatic carbocycles. The van der Waals surface area contributed by atoms with E-state index in [-0.39, 0.29) is 11.9 Å². The minimum atomic E-state index is -0.0952. The molecule has 1 fully saturated rings. The Kier molecular flexibility index (Phi) is 4.27. The third kappa shape index (κ3) is 3.20. The van der Waals surface area contributed by atoms with Crippen LogP contribution in [0.5, 0.6) is 0 Å². The maximum absolute atomic E-state index is 12.1. The monoisotopic (exact) mass is 338 g/mol. The predicted molar refractivity (Wildman–Crippen MR) is 87.8 cm³/mol. The molecule has 1 N–H and O–H groups in total. The summed E-state index contributed by atoms with van der Waals surface area (Å²) < 4.78 is 1.61. The summed E-state index contributed by atoms with van der Waals surface area (Å²) >= 11 is 12.2. The summed E-state index contributed by atoms with van der Waals surface area (Å²) in [5, 5.41) is 8.30. The summed E-state index contributed by atoms with van der Waals surface area (Å²) in [5.74, 6) is -0.0952. The highest BCUT2D eigenvalue weighted by Crippen LogP contribution is 2.31. The van der Waals surface area contributed by atoms with Crippen LogP contribution in [-0.4, -0.2) is 34.8 Å². The zero-order valence-corrected chi connectivity index (χ0v) is 13.6. The lowest BCUT2D eigenvalue weighted by molar-refractivity contribution is 0.0940. The number of nitrogens with zero attached hydrogens (tertiary/aromatic N) is 3. The quantitative estimate of drug-likeness (QED) is 0.936. The first-order chi connectivity index (χ1) is 10.5. The maximum Gasteiger partial charge on any atom is 0.254 e. The van der Waals surface area contributed by atoms with Gasteiger partial charge in [0, 0.05) is 37.4 Å². The molecule has 3 rings (SSSR count). The zero-order valence-electron chi connectivity index (χ0n) is 12.1. The average Bonchev–Trinajstić information content (AvgIpc) is 3.08. The number of carbonyl (C=O) groups excluding carboxylic acids is 1. The fourth-order valence-corrected chi connectivity index (χ4v) is 3.17. The largest absolute Gasteiger partial charge is 0.368 e. The van der Waals surface area contributed by atoms with Gasteiger partial charge in [-0.05, 0) is 24.6 Å². The summed E-state index contributed by atoms with van der Waals surface area (Å²) in [6.07, 6.45) is 4.15. The van der Waals surface area contributed by atoms with Crippen LogP contribution in [0.4, 0.5) is 5.69 Å². The van der Waals surface area contributed by atoms with Crippen molar-refractivity contribution in [3.63, 3.8) is 0 Å². The number of benzene rings is 1. The Morgan fingerprint density at radius 3 is 2.91 bits per heavy atom. The second-order valence-electron chi connectivity index (χ2n) is 5.40. The molecule has 0 unspecified atom stereocenters. The minimum Gasteiger partial charge on any atom is -0.368 e. The number of aromatic nitrogens is 2. The van der Waals surface area contributed by atoms with Gasteiger partial charge in [0.1, 0.15) is 0 Å². The van der Waals surface area contributed by atoms with Crippen molar-refractivity contribution in [3.8, 4) is 0 Å². The van der Waals surface area contributed by atoms with Gasteiger partial charge in [0.25, 0.3) is 5.91 Å². The minimum absolute atomic E-state index is 0.0952. The van der Waals surface area contributed by atoms with Crippen LogP contribution in [0.25, 0.3) is 0 Å². The molecule has 2 aromatic rings. The van der Waals surface area contributed by atoms with Crippen molar-refractivity contribution in [3.05, 3.63) is 46.2 Å². The Hall–Kier alpha value is -1.72. The molecule has 0 bridgehead atoms. The van der Waals surface area contributed by atoms with Crippen LogP contribution in [0, 0.1) is 0 Å². The van der Waals surface area contributed by atoms with Gasteiger partial charge in [0.15, 0.2) is 0 Å².